The maximum absolute atomic E-state index is 12.4. The van der Waals surface area contributed by atoms with Crippen LogP contribution in [0.2, 0.25) is 5.02 Å². The fourth-order valence-corrected chi connectivity index (χ4v) is 3.38. The fraction of sp³-hybridized carbons (Fsp3) is 0.100. The van der Waals surface area contributed by atoms with Gasteiger partial charge in [-0.1, -0.05) is 35.9 Å². The highest BCUT2D eigenvalue weighted by atomic mass is 35.5. The number of nitrogens with zero attached hydrogens (tertiary/aromatic N) is 2. The molecule has 122 valence electrons. The predicted octanol–water partition coefficient (Wildman–Crippen LogP) is 4.70. The average molecular weight is 348 g/mol. The number of amides is 1. The van der Waals surface area contributed by atoms with E-state index in [4.69, 9.17) is 16.9 Å². The molecule has 25 heavy (non-hydrogen) atoms. The van der Waals surface area contributed by atoms with Crippen molar-refractivity contribution in [2.75, 3.05) is 5.32 Å². The SMILES string of the molecule is N#CCCn1cc(/C=C2/C(=O)Nc3cc(Cl)ccc32)c2ccccc21. The van der Waals surface area contributed by atoms with Crippen LogP contribution in [-0.2, 0) is 11.3 Å². The van der Waals surface area contributed by atoms with E-state index in [0.29, 0.717) is 23.6 Å². The number of aryl methyl sites for hydroxylation is 1. The third kappa shape index (κ3) is 2.69. The zero-order valence-corrected chi connectivity index (χ0v) is 14.0. The van der Waals surface area contributed by atoms with Crippen LogP contribution in [0.15, 0.2) is 48.7 Å². The Morgan fingerprint density at radius 2 is 2.08 bits per heavy atom. The number of benzene rings is 2. The van der Waals surface area contributed by atoms with Gasteiger partial charge in [-0.25, -0.2) is 0 Å². The van der Waals surface area contributed by atoms with Gasteiger partial charge < -0.3 is 9.88 Å². The van der Waals surface area contributed by atoms with Crippen LogP contribution in [0.25, 0.3) is 22.6 Å². The van der Waals surface area contributed by atoms with Crippen LogP contribution in [0.4, 0.5) is 5.69 Å². The quantitative estimate of drug-likeness (QED) is 0.698. The normalized spacial score (nSPS) is 14.6. The minimum atomic E-state index is -0.133. The van der Waals surface area contributed by atoms with E-state index in [2.05, 4.69) is 16.0 Å². The van der Waals surface area contributed by atoms with Crippen molar-refractivity contribution >= 4 is 45.7 Å². The van der Waals surface area contributed by atoms with Gasteiger partial charge >= 0.3 is 0 Å². The molecular formula is C20H14ClN3O. The van der Waals surface area contributed by atoms with Crippen LogP contribution < -0.4 is 5.32 Å². The number of anilines is 1. The molecule has 1 N–H and O–H groups in total. The number of hydrogen-bond donors (Lipinski definition) is 1. The Morgan fingerprint density at radius 3 is 2.92 bits per heavy atom. The summed E-state index contributed by atoms with van der Waals surface area (Å²) in [5.74, 6) is -0.133. The topological polar surface area (TPSA) is 57.8 Å². The zero-order chi connectivity index (χ0) is 17.4. The summed E-state index contributed by atoms with van der Waals surface area (Å²) in [4.78, 5) is 12.4. The Bertz CT molecular complexity index is 1070. The maximum atomic E-state index is 12.4. The van der Waals surface area contributed by atoms with Crippen molar-refractivity contribution in [1.82, 2.24) is 4.57 Å². The van der Waals surface area contributed by atoms with Gasteiger partial charge in [-0.3, -0.25) is 4.79 Å². The number of fused-ring (bicyclic) bond motifs is 2. The van der Waals surface area contributed by atoms with E-state index in [1.165, 1.54) is 0 Å². The van der Waals surface area contributed by atoms with Crippen molar-refractivity contribution in [2.45, 2.75) is 13.0 Å². The van der Waals surface area contributed by atoms with Gasteiger partial charge in [-0.2, -0.15) is 5.26 Å². The minimum Gasteiger partial charge on any atom is -0.346 e. The first-order valence-corrected chi connectivity index (χ1v) is 8.33. The molecular weight excluding hydrogens is 334 g/mol. The number of carbonyl (C=O) groups is 1. The second-order valence-corrected chi connectivity index (χ2v) is 6.34. The van der Waals surface area contributed by atoms with E-state index in [0.717, 1.165) is 27.7 Å². The molecule has 1 amide bonds. The molecule has 0 spiro atoms. The molecule has 0 bridgehead atoms. The summed E-state index contributed by atoms with van der Waals surface area (Å²) in [6.07, 6.45) is 4.34. The Balaban J connectivity index is 1.85. The van der Waals surface area contributed by atoms with Crippen LogP contribution in [0.3, 0.4) is 0 Å². The summed E-state index contributed by atoms with van der Waals surface area (Å²) in [6, 6.07) is 15.6. The molecule has 0 saturated carbocycles. The molecule has 0 radical (unpaired) electrons. The van der Waals surface area contributed by atoms with Crippen LogP contribution >= 0.6 is 11.6 Å². The number of nitriles is 1. The van der Waals surface area contributed by atoms with Crippen LogP contribution in [0.5, 0.6) is 0 Å². The van der Waals surface area contributed by atoms with Crippen molar-refractivity contribution in [3.8, 4) is 6.07 Å². The largest absolute Gasteiger partial charge is 0.346 e. The highest BCUT2D eigenvalue weighted by Gasteiger charge is 2.24. The van der Waals surface area contributed by atoms with E-state index in [1.807, 2.05) is 42.6 Å². The molecule has 2 aromatic carbocycles. The molecule has 5 heteroatoms. The molecule has 0 saturated heterocycles. The van der Waals surface area contributed by atoms with Crippen molar-refractivity contribution < 1.29 is 4.79 Å². The van der Waals surface area contributed by atoms with E-state index < -0.39 is 0 Å². The van der Waals surface area contributed by atoms with Crippen molar-refractivity contribution in [1.29, 1.82) is 5.26 Å². The number of rotatable bonds is 3. The third-order valence-electron chi connectivity index (χ3n) is 4.35. The maximum Gasteiger partial charge on any atom is 0.256 e. The molecule has 0 atom stereocenters. The smallest absolute Gasteiger partial charge is 0.256 e. The molecule has 0 unspecified atom stereocenters. The molecule has 3 aromatic rings. The average Bonchev–Trinajstić information content (AvgIpc) is 3.11. The molecule has 1 aromatic heterocycles. The van der Waals surface area contributed by atoms with Gasteiger partial charge in [-0.15, -0.1) is 0 Å². The van der Waals surface area contributed by atoms with E-state index >= 15 is 0 Å². The molecule has 4 rings (SSSR count). The van der Waals surface area contributed by atoms with Gasteiger partial charge in [0.25, 0.3) is 5.91 Å². The Morgan fingerprint density at radius 1 is 1.24 bits per heavy atom. The van der Waals surface area contributed by atoms with Crippen LogP contribution in [0.1, 0.15) is 17.5 Å². The molecule has 1 aliphatic heterocycles. The summed E-state index contributed by atoms with van der Waals surface area (Å²) in [7, 11) is 0. The molecule has 4 nitrogen and oxygen atoms in total. The number of aromatic nitrogens is 1. The molecule has 0 aliphatic carbocycles. The van der Waals surface area contributed by atoms with Gasteiger partial charge in [0.05, 0.1) is 18.2 Å². The Hall–Kier alpha value is -3.03. The lowest BCUT2D eigenvalue weighted by molar-refractivity contribution is -0.110. The fourth-order valence-electron chi connectivity index (χ4n) is 3.21. The molecule has 1 aliphatic rings. The third-order valence-corrected chi connectivity index (χ3v) is 4.58. The van der Waals surface area contributed by atoms with E-state index in [1.54, 1.807) is 12.1 Å². The number of para-hydroxylation sites is 1. The van der Waals surface area contributed by atoms with Crippen molar-refractivity contribution in [3.05, 3.63) is 64.8 Å². The monoisotopic (exact) mass is 347 g/mol. The number of carbonyl (C=O) groups excluding carboxylic acids is 1. The summed E-state index contributed by atoms with van der Waals surface area (Å²) in [5.41, 5.74) is 4.22. The summed E-state index contributed by atoms with van der Waals surface area (Å²) in [6.45, 7) is 0.624. The summed E-state index contributed by atoms with van der Waals surface area (Å²) >= 11 is 6.01. The number of halogens is 1. The van der Waals surface area contributed by atoms with Gasteiger partial charge in [0, 0.05) is 45.4 Å². The number of nitrogens with one attached hydrogen (secondary N) is 1. The van der Waals surface area contributed by atoms with Crippen molar-refractivity contribution in [2.24, 2.45) is 0 Å². The standard InChI is InChI=1S/C20H14ClN3O/c21-14-6-7-16-17(20(25)23-18(16)11-14)10-13-12-24(9-3-8-22)19-5-2-1-4-15(13)19/h1-2,4-7,10-12H,3,9H2,(H,23,25)/b17-10+. The van der Waals surface area contributed by atoms with Gasteiger partial charge in [0.2, 0.25) is 0 Å². The first-order valence-electron chi connectivity index (χ1n) is 7.95. The lowest BCUT2D eigenvalue weighted by atomic mass is 10.0. The van der Waals surface area contributed by atoms with Gasteiger partial charge in [0.15, 0.2) is 0 Å². The lowest BCUT2D eigenvalue weighted by Gasteiger charge is -2.00. The Kier molecular flexibility index (Phi) is 3.79. The molecule has 2 heterocycles. The lowest BCUT2D eigenvalue weighted by Crippen LogP contribution is -2.03. The summed E-state index contributed by atoms with van der Waals surface area (Å²) < 4.78 is 2.06. The van der Waals surface area contributed by atoms with Gasteiger partial charge in [-0.05, 0) is 24.3 Å². The van der Waals surface area contributed by atoms with Crippen LogP contribution in [-0.4, -0.2) is 10.5 Å². The number of hydrogen-bond acceptors (Lipinski definition) is 2. The van der Waals surface area contributed by atoms with E-state index in [-0.39, 0.29) is 5.91 Å². The zero-order valence-electron chi connectivity index (χ0n) is 13.3. The first kappa shape index (κ1) is 15.5. The predicted molar refractivity (Wildman–Crippen MR) is 100 cm³/mol. The van der Waals surface area contributed by atoms with Gasteiger partial charge in [0.1, 0.15) is 0 Å². The van der Waals surface area contributed by atoms with Crippen molar-refractivity contribution in [3.63, 3.8) is 0 Å². The summed E-state index contributed by atoms with van der Waals surface area (Å²) in [5, 5.41) is 13.4. The molecule has 0 fully saturated rings. The van der Waals surface area contributed by atoms with E-state index in [9.17, 15) is 4.79 Å². The minimum absolute atomic E-state index is 0.133. The first-order chi connectivity index (χ1) is 12.2. The second kappa shape index (κ2) is 6.12. The van der Waals surface area contributed by atoms with Crippen LogP contribution in [0, 0.1) is 11.3 Å². The Labute approximate surface area is 149 Å². The highest BCUT2D eigenvalue weighted by molar-refractivity contribution is 6.36. The second-order valence-electron chi connectivity index (χ2n) is 5.91. The highest BCUT2D eigenvalue weighted by Crippen LogP contribution is 2.36.